The van der Waals surface area contributed by atoms with Crippen LogP contribution in [0.25, 0.3) is 0 Å². The van der Waals surface area contributed by atoms with Crippen molar-refractivity contribution >= 4 is 17.9 Å². The van der Waals surface area contributed by atoms with E-state index in [9.17, 15) is 14.4 Å². The molecule has 1 aliphatic heterocycles. The molecule has 0 amide bonds. The number of carbonyl (C=O) groups is 3. The molecule has 0 radical (unpaired) electrons. The summed E-state index contributed by atoms with van der Waals surface area (Å²) in [6.45, 7) is 6.95. The number of piperidine rings is 1. The van der Waals surface area contributed by atoms with Crippen LogP contribution in [0.1, 0.15) is 102 Å². The van der Waals surface area contributed by atoms with Crippen molar-refractivity contribution in [2.45, 2.75) is 104 Å². The zero-order valence-corrected chi connectivity index (χ0v) is 27.3. The first-order valence-corrected chi connectivity index (χ1v) is 16.7. The van der Waals surface area contributed by atoms with Crippen LogP contribution in [0.15, 0.2) is 60.7 Å². The van der Waals surface area contributed by atoms with Gasteiger partial charge in [-0.1, -0.05) is 100 Å². The SMILES string of the molecule is CC.CN1CCC(C(=O)OCC(CCCCCC(=O)OCc2ccccc2)CCCCCC(=O)OCc2ccccc2)CC1. The minimum absolute atomic E-state index is 0.00523. The third-order valence-electron chi connectivity index (χ3n) is 7.99. The molecule has 1 fully saturated rings. The number of hydrogen-bond acceptors (Lipinski definition) is 7. The molecule has 1 aliphatic rings. The molecule has 2 aromatic carbocycles. The molecule has 7 nitrogen and oxygen atoms in total. The highest BCUT2D eigenvalue weighted by Crippen LogP contribution is 2.22. The third kappa shape index (κ3) is 16.6. The van der Waals surface area contributed by atoms with Crippen molar-refractivity contribution in [2.75, 3.05) is 26.7 Å². The Labute approximate surface area is 265 Å². The van der Waals surface area contributed by atoms with Crippen molar-refractivity contribution in [1.29, 1.82) is 0 Å². The zero-order valence-electron chi connectivity index (χ0n) is 27.3. The molecule has 0 N–H and O–H groups in total. The number of esters is 3. The Bertz CT molecular complexity index is 971. The van der Waals surface area contributed by atoms with Crippen LogP contribution in [0.3, 0.4) is 0 Å². The van der Waals surface area contributed by atoms with Gasteiger partial charge < -0.3 is 19.1 Å². The van der Waals surface area contributed by atoms with Crippen LogP contribution in [0.5, 0.6) is 0 Å². The van der Waals surface area contributed by atoms with Gasteiger partial charge >= 0.3 is 17.9 Å². The summed E-state index contributed by atoms with van der Waals surface area (Å²) in [6, 6.07) is 19.4. The van der Waals surface area contributed by atoms with Gasteiger partial charge in [0.2, 0.25) is 0 Å². The number of nitrogens with zero attached hydrogens (tertiary/aromatic N) is 1. The van der Waals surface area contributed by atoms with E-state index in [1.807, 2.05) is 74.5 Å². The van der Waals surface area contributed by atoms with Crippen molar-refractivity contribution in [2.24, 2.45) is 11.8 Å². The predicted octanol–water partition coefficient (Wildman–Crippen LogP) is 7.90. The van der Waals surface area contributed by atoms with Gasteiger partial charge in [0.05, 0.1) is 12.5 Å². The van der Waals surface area contributed by atoms with Gasteiger partial charge in [0.1, 0.15) is 13.2 Å². The summed E-state index contributed by atoms with van der Waals surface area (Å²) in [5, 5.41) is 0. The highest BCUT2D eigenvalue weighted by Gasteiger charge is 2.25. The molecule has 3 rings (SSSR count). The van der Waals surface area contributed by atoms with E-state index in [1.54, 1.807) is 0 Å². The summed E-state index contributed by atoms with van der Waals surface area (Å²) in [5.74, 6) is -0.0918. The molecule has 44 heavy (non-hydrogen) atoms. The molecule has 0 saturated carbocycles. The average Bonchev–Trinajstić information content (AvgIpc) is 3.06. The van der Waals surface area contributed by atoms with Crippen molar-refractivity contribution in [3.05, 3.63) is 71.8 Å². The van der Waals surface area contributed by atoms with Crippen LogP contribution in [-0.2, 0) is 41.8 Å². The van der Waals surface area contributed by atoms with Gasteiger partial charge in [0.25, 0.3) is 0 Å². The molecule has 0 unspecified atom stereocenters. The molecule has 0 aromatic heterocycles. The van der Waals surface area contributed by atoms with Gasteiger partial charge in [-0.15, -0.1) is 0 Å². The highest BCUT2D eigenvalue weighted by atomic mass is 16.5. The molecule has 1 heterocycles. The molecule has 2 aromatic rings. The largest absolute Gasteiger partial charge is 0.465 e. The number of unbranched alkanes of at least 4 members (excludes halogenated alkanes) is 4. The summed E-state index contributed by atoms with van der Waals surface area (Å²) in [5.41, 5.74) is 1.99. The van der Waals surface area contributed by atoms with Crippen LogP contribution in [-0.4, -0.2) is 49.6 Å². The first-order valence-electron chi connectivity index (χ1n) is 16.7. The van der Waals surface area contributed by atoms with E-state index in [0.29, 0.717) is 32.7 Å². The number of benzene rings is 2. The van der Waals surface area contributed by atoms with Crippen LogP contribution in [0.4, 0.5) is 0 Å². The van der Waals surface area contributed by atoms with Gasteiger partial charge in [-0.25, -0.2) is 0 Å². The summed E-state index contributed by atoms with van der Waals surface area (Å²) >= 11 is 0. The Morgan fingerprint density at radius 1 is 0.682 bits per heavy atom. The predicted molar refractivity (Wildman–Crippen MR) is 175 cm³/mol. The molecular formula is C37H55NO6. The van der Waals surface area contributed by atoms with E-state index in [1.165, 1.54) is 0 Å². The number of hydrogen-bond donors (Lipinski definition) is 0. The average molecular weight is 610 g/mol. The maximum absolute atomic E-state index is 12.7. The van der Waals surface area contributed by atoms with E-state index in [0.717, 1.165) is 88.4 Å². The topological polar surface area (TPSA) is 82.1 Å². The standard InChI is InChI=1S/C35H49NO6.C2H6/c1-36-24-22-32(23-25-36)35(39)42-28-31(18-10-4-12-20-33(37)40-26-29-14-6-2-7-15-29)19-11-5-13-21-34(38)41-27-30-16-8-3-9-17-30;1-2/h2-3,6-9,14-17,31-32H,4-5,10-13,18-28H2,1H3;1-2H3. The monoisotopic (exact) mass is 609 g/mol. The Balaban J connectivity index is 0.00000330. The third-order valence-corrected chi connectivity index (χ3v) is 7.99. The highest BCUT2D eigenvalue weighted by molar-refractivity contribution is 5.72. The Morgan fingerprint density at radius 3 is 1.59 bits per heavy atom. The van der Waals surface area contributed by atoms with Gasteiger partial charge in [0.15, 0.2) is 0 Å². The van der Waals surface area contributed by atoms with Crippen molar-refractivity contribution in [3.8, 4) is 0 Å². The van der Waals surface area contributed by atoms with E-state index in [4.69, 9.17) is 14.2 Å². The van der Waals surface area contributed by atoms with E-state index in [2.05, 4.69) is 11.9 Å². The van der Waals surface area contributed by atoms with Gasteiger partial charge in [-0.05, 0) is 75.7 Å². The van der Waals surface area contributed by atoms with Gasteiger partial charge in [-0.2, -0.15) is 0 Å². The quantitative estimate of drug-likeness (QED) is 0.0910. The fourth-order valence-electron chi connectivity index (χ4n) is 5.25. The number of carbonyl (C=O) groups excluding carboxylic acids is 3. The second kappa shape index (κ2) is 23.2. The Kier molecular flexibility index (Phi) is 19.5. The van der Waals surface area contributed by atoms with Gasteiger partial charge in [-0.3, -0.25) is 14.4 Å². The fourth-order valence-corrected chi connectivity index (χ4v) is 5.25. The molecule has 0 atom stereocenters. The lowest BCUT2D eigenvalue weighted by Gasteiger charge is -2.28. The molecule has 0 aliphatic carbocycles. The first kappa shape index (κ1) is 37.0. The van der Waals surface area contributed by atoms with Crippen molar-refractivity contribution in [1.82, 2.24) is 4.90 Å². The summed E-state index contributed by atoms with van der Waals surface area (Å²) in [6.07, 6.45) is 9.90. The number of likely N-dealkylation sites (tertiary alicyclic amines) is 1. The number of ether oxygens (including phenoxy) is 3. The maximum atomic E-state index is 12.7. The van der Waals surface area contributed by atoms with Crippen molar-refractivity contribution < 1.29 is 28.6 Å². The molecule has 0 spiro atoms. The lowest BCUT2D eigenvalue weighted by atomic mass is 9.94. The minimum atomic E-state index is -0.162. The first-order chi connectivity index (χ1) is 21.5. The fraction of sp³-hybridized carbons (Fsp3) is 0.595. The van der Waals surface area contributed by atoms with E-state index < -0.39 is 0 Å². The Hall–Kier alpha value is -3.19. The van der Waals surface area contributed by atoms with E-state index in [-0.39, 0.29) is 29.7 Å². The summed E-state index contributed by atoms with van der Waals surface area (Å²) in [7, 11) is 2.09. The van der Waals surface area contributed by atoms with Crippen LogP contribution < -0.4 is 0 Å². The van der Waals surface area contributed by atoms with Crippen LogP contribution >= 0.6 is 0 Å². The molecule has 7 heteroatoms. The Morgan fingerprint density at radius 2 is 1.14 bits per heavy atom. The van der Waals surface area contributed by atoms with E-state index >= 15 is 0 Å². The summed E-state index contributed by atoms with van der Waals surface area (Å²) < 4.78 is 16.6. The normalized spacial score (nSPS) is 13.5. The minimum Gasteiger partial charge on any atom is -0.465 e. The second-order valence-electron chi connectivity index (χ2n) is 11.6. The molecule has 244 valence electrons. The van der Waals surface area contributed by atoms with Crippen LogP contribution in [0, 0.1) is 11.8 Å². The lowest BCUT2D eigenvalue weighted by Crippen LogP contribution is -2.34. The smallest absolute Gasteiger partial charge is 0.309 e. The number of rotatable bonds is 19. The summed E-state index contributed by atoms with van der Waals surface area (Å²) in [4.78, 5) is 39.2. The van der Waals surface area contributed by atoms with Crippen molar-refractivity contribution in [3.63, 3.8) is 0 Å². The second-order valence-corrected chi connectivity index (χ2v) is 11.6. The lowest BCUT2D eigenvalue weighted by molar-refractivity contribution is -0.152. The molecule has 0 bridgehead atoms. The zero-order chi connectivity index (χ0) is 31.8. The maximum Gasteiger partial charge on any atom is 0.309 e. The molecular weight excluding hydrogens is 554 g/mol. The molecule has 1 saturated heterocycles. The van der Waals surface area contributed by atoms with Gasteiger partial charge in [0, 0.05) is 12.8 Å². The van der Waals surface area contributed by atoms with Crippen LogP contribution in [0.2, 0.25) is 0 Å².